The van der Waals surface area contributed by atoms with Crippen molar-refractivity contribution in [3.63, 3.8) is 0 Å². The zero-order valence-corrected chi connectivity index (χ0v) is 11.6. The van der Waals surface area contributed by atoms with E-state index in [0.717, 1.165) is 16.3 Å². The maximum Gasteiger partial charge on any atom is 0.124 e. The first-order chi connectivity index (χ1) is 9.74. The van der Waals surface area contributed by atoms with Crippen molar-refractivity contribution in [2.45, 2.75) is 10.6 Å². The van der Waals surface area contributed by atoms with E-state index in [9.17, 15) is 8.60 Å². The first kappa shape index (κ1) is 13.0. The Kier molecular flexibility index (Phi) is 3.61. The van der Waals surface area contributed by atoms with Crippen LogP contribution in [-0.2, 0) is 16.6 Å². The van der Waals surface area contributed by atoms with Gasteiger partial charge in [0.25, 0.3) is 0 Å². The number of benzene rings is 3. The van der Waals surface area contributed by atoms with Crippen LogP contribution in [0.4, 0.5) is 4.39 Å². The van der Waals surface area contributed by atoms with Gasteiger partial charge in [0.15, 0.2) is 0 Å². The van der Waals surface area contributed by atoms with Gasteiger partial charge in [-0.3, -0.25) is 4.21 Å². The molecule has 0 aliphatic heterocycles. The molecule has 0 aliphatic rings. The van der Waals surface area contributed by atoms with E-state index >= 15 is 0 Å². The Labute approximate surface area is 119 Å². The Hall–Kier alpha value is -2.00. The van der Waals surface area contributed by atoms with E-state index in [0.29, 0.717) is 10.6 Å². The summed E-state index contributed by atoms with van der Waals surface area (Å²) in [4.78, 5) is 0.526. The molecule has 0 saturated heterocycles. The quantitative estimate of drug-likeness (QED) is 0.701. The molecule has 0 radical (unpaired) electrons. The zero-order valence-electron chi connectivity index (χ0n) is 10.8. The van der Waals surface area contributed by atoms with E-state index in [1.807, 2.05) is 42.5 Å². The first-order valence-electron chi connectivity index (χ1n) is 6.34. The van der Waals surface area contributed by atoms with Crippen molar-refractivity contribution in [1.29, 1.82) is 0 Å². The second kappa shape index (κ2) is 5.55. The summed E-state index contributed by atoms with van der Waals surface area (Å²) >= 11 is 0. The summed E-state index contributed by atoms with van der Waals surface area (Å²) in [6.45, 7) is 0. The molecule has 1 atom stereocenters. The first-order valence-corrected chi connectivity index (χ1v) is 7.66. The van der Waals surface area contributed by atoms with Gasteiger partial charge in [0.05, 0.1) is 16.6 Å². The number of hydrogen-bond donors (Lipinski definition) is 0. The topological polar surface area (TPSA) is 17.1 Å². The second-order valence-electron chi connectivity index (χ2n) is 4.59. The van der Waals surface area contributed by atoms with Gasteiger partial charge in [-0.05, 0) is 34.5 Å². The molecule has 1 nitrogen and oxygen atoms in total. The van der Waals surface area contributed by atoms with Gasteiger partial charge in [-0.15, -0.1) is 0 Å². The van der Waals surface area contributed by atoms with Crippen LogP contribution in [0.5, 0.6) is 0 Å². The van der Waals surface area contributed by atoms with Crippen LogP contribution in [0.25, 0.3) is 10.8 Å². The van der Waals surface area contributed by atoms with Crippen molar-refractivity contribution in [2.24, 2.45) is 0 Å². The number of hydrogen-bond acceptors (Lipinski definition) is 1. The Morgan fingerprint density at radius 3 is 2.50 bits per heavy atom. The van der Waals surface area contributed by atoms with Gasteiger partial charge >= 0.3 is 0 Å². The van der Waals surface area contributed by atoms with Gasteiger partial charge in [-0.2, -0.15) is 0 Å². The van der Waals surface area contributed by atoms with Crippen LogP contribution in [0.1, 0.15) is 5.56 Å². The van der Waals surface area contributed by atoms with Gasteiger partial charge in [-0.1, -0.05) is 48.5 Å². The Morgan fingerprint density at radius 2 is 1.65 bits per heavy atom. The smallest absolute Gasteiger partial charge is 0.124 e. The Balaban J connectivity index is 1.95. The Morgan fingerprint density at radius 1 is 0.900 bits per heavy atom. The summed E-state index contributed by atoms with van der Waals surface area (Å²) in [6, 6.07) is 19.9. The summed E-state index contributed by atoms with van der Waals surface area (Å²) < 4.78 is 25.5. The highest BCUT2D eigenvalue weighted by Crippen LogP contribution is 2.21. The maximum atomic E-state index is 13.2. The fourth-order valence-corrected chi connectivity index (χ4v) is 3.43. The fraction of sp³-hybridized carbons (Fsp3) is 0.0588. The van der Waals surface area contributed by atoms with Crippen LogP contribution >= 0.6 is 0 Å². The third-order valence-corrected chi connectivity index (χ3v) is 4.58. The molecule has 0 bridgehead atoms. The van der Waals surface area contributed by atoms with E-state index in [-0.39, 0.29) is 5.82 Å². The predicted molar refractivity (Wildman–Crippen MR) is 80.5 cm³/mol. The highest BCUT2D eigenvalue weighted by Gasteiger charge is 2.08. The molecule has 0 aliphatic carbocycles. The van der Waals surface area contributed by atoms with E-state index in [1.54, 1.807) is 12.1 Å². The van der Waals surface area contributed by atoms with E-state index in [1.165, 1.54) is 12.1 Å². The minimum absolute atomic E-state index is 0.353. The molecule has 1 unspecified atom stereocenters. The summed E-state index contributed by atoms with van der Waals surface area (Å²) in [6.07, 6.45) is 0. The van der Waals surface area contributed by atoms with Crippen molar-refractivity contribution in [1.82, 2.24) is 0 Å². The van der Waals surface area contributed by atoms with Crippen LogP contribution in [0, 0.1) is 5.82 Å². The van der Waals surface area contributed by atoms with Crippen molar-refractivity contribution >= 4 is 21.6 Å². The third-order valence-electron chi connectivity index (χ3n) is 3.23. The van der Waals surface area contributed by atoms with Crippen LogP contribution in [0.2, 0.25) is 0 Å². The average Bonchev–Trinajstić information content (AvgIpc) is 2.47. The lowest BCUT2D eigenvalue weighted by atomic mass is 10.1. The summed E-state index contributed by atoms with van der Waals surface area (Å²) in [5.74, 6) is 0.0407. The lowest BCUT2D eigenvalue weighted by molar-refractivity contribution is 0.622. The second-order valence-corrected chi connectivity index (χ2v) is 6.04. The third kappa shape index (κ3) is 2.63. The molecule has 3 aromatic carbocycles. The van der Waals surface area contributed by atoms with Crippen molar-refractivity contribution in [2.75, 3.05) is 0 Å². The van der Waals surface area contributed by atoms with Crippen LogP contribution < -0.4 is 0 Å². The molecule has 0 saturated carbocycles. The lowest BCUT2D eigenvalue weighted by Crippen LogP contribution is -1.97. The standard InChI is InChI=1S/C17H13FOS/c18-15-8-4-9-16(11-15)20(19)12-14-7-3-6-13-5-1-2-10-17(13)14/h1-11H,12H2. The highest BCUT2D eigenvalue weighted by atomic mass is 32.2. The summed E-state index contributed by atoms with van der Waals surface area (Å²) in [5, 5.41) is 2.22. The average molecular weight is 284 g/mol. The fourth-order valence-electron chi connectivity index (χ4n) is 2.25. The molecule has 3 aromatic rings. The van der Waals surface area contributed by atoms with Crippen molar-refractivity contribution < 1.29 is 8.60 Å². The molecule has 0 fully saturated rings. The normalized spacial score (nSPS) is 12.4. The van der Waals surface area contributed by atoms with Gasteiger partial charge in [0, 0.05) is 4.90 Å². The molecule has 0 spiro atoms. The molecule has 3 rings (SSSR count). The molecule has 0 heterocycles. The van der Waals surface area contributed by atoms with E-state index in [2.05, 4.69) is 0 Å². The molecule has 3 heteroatoms. The van der Waals surface area contributed by atoms with Crippen molar-refractivity contribution in [3.05, 3.63) is 78.1 Å². The van der Waals surface area contributed by atoms with Gasteiger partial charge in [-0.25, -0.2) is 4.39 Å². The molecular formula is C17H13FOS. The summed E-state index contributed by atoms with van der Waals surface area (Å²) in [5.41, 5.74) is 1.02. The molecule has 0 aromatic heterocycles. The predicted octanol–water partition coefficient (Wildman–Crippen LogP) is 4.29. The molecular weight excluding hydrogens is 271 g/mol. The van der Waals surface area contributed by atoms with Gasteiger partial charge in [0.1, 0.15) is 5.82 Å². The highest BCUT2D eigenvalue weighted by molar-refractivity contribution is 7.84. The minimum atomic E-state index is -1.24. The van der Waals surface area contributed by atoms with E-state index < -0.39 is 10.8 Å². The number of fused-ring (bicyclic) bond motifs is 1. The monoisotopic (exact) mass is 284 g/mol. The van der Waals surface area contributed by atoms with Gasteiger partial charge < -0.3 is 0 Å². The zero-order chi connectivity index (χ0) is 13.9. The molecule has 0 amide bonds. The van der Waals surface area contributed by atoms with Crippen LogP contribution in [0.15, 0.2) is 71.6 Å². The van der Waals surface area contributed by atoms with Crippen LogP contribution in [-0.4, -0.2) is 4.21 Å². The van der Waals surface area contributed by atoms with Crippen LogP contribution in [0.3, 0.4) is 0 Å². The molecule has 100 valence electrons. The SMILES string of the molecule is O=S(Cc1cccc2ccccc12)c1cccc(F)c1. The maximum absolute atomic E-state index is 13.2. The molecule has 20 heavy (non-hydrogen) atoms. The molecule has 0 N–H and O–H groups in total. The largest absolute Gasteiger partial charge is 0.254 e. The summed E-state index contributed by atoms with van der Waals surface area (Å²) in [7, 11) is -1.24. The van der Waals surface area contributed by atoms with E-state index in [4.69, 9.17) is 0 Å². The number of halogens is 1. The van der Waals surface area contributed by atoms with Crippen molar-refractivity contribution in [3.8, 4) is 0 Å². The Bertz CT molecular complexity index is 777. The minimum Gasteiger partial charge on any atom is -0.254 e. The lowest BCUT2D eigenvalue weighted by Gasteiger charge is -2.07. The number of rotatable bonds is 3. The van der Waals surface area contributed by atoms with Gasteiger partial charge in [0.2, 0.25) is 0 Å².